The summed E-state index contributed by atoms with van der Waals surface area (Å²) >= 11 is 0. The van der Waals surface area contributed by atoms with Gasteiger partial charge in [-0.3, -0.25) is 9.59 Å². The van der Waals surface area contributed by atoms with Gasteiger partial charge in [-0.25, -0.2) is 0 Å². The Labute approximate surface area is 164 Å². The highest BCUT2D eigenvalue weighted by atomic mass is 16.5. The monoisotopic (exact) mass is 384 g/mol. The lowest BCUT2D eigenvalue weighted by atomic mass is 10.1. The second-order valence-corrected chi connectivity index (χ2v) is 6.56. The molecule has 7 heteroatoms. The van der Waals surface area contributed by atoms with Gasteiger partial charge in [0.1, 0.15) is 6.61 Å². The van der Waals surface area contributed by atoms with Crippen LogP contribution in [0.25, 0.3) is 0 Å². The van der Waals surface area contributed by atoms with Crippen LogP contribution in [0, 0.1) is 6.92 Å². The molecule has 0 spiro atoms. The molecule has 1 aliphatic heterocycles. The summed E-state index contributed by atoms with van der Waals surface area (Å²) in [5, 5.41) is 2.86. The van der Waals surface area contributed by atoms with Gasteiger partial charge in [-0.15, -0.1) is 0 Å². The van der Waals surface area contributed by atoms with Crippen LogP contribution in [-0.4, -0.2) is 51.8 Å². The normalized spacial score (nSPS) is 16.6. The zero-order chi connectivity index (χ0) is 20.1. The van der Waals surface area contributed by atoms with Gasteiger partial charge in [0.2, 0.25) is 0 Å². The summed E-state index contributed by atoms with van der Waals surface area (Å²) < 4.78 is 16.0. The molecule has 1 N–H and O–H groups in total. The number of nitrogens with one attached hydrogen (secondary N) is 1. The molecule has 0 saturated carbocycles. The van der Waals surface area contributed by atoms with Gasteiger partial charge in [0, 0.05) is 17.8 Å². The minimum Gasteiger partial charge on any atom is -0.493 e. The molecule has 1 heterocycles. The van der Waals surface area contributed by atoms with Crippen molar-refractivity contribution in [3.63, 3.8) is 0 Å². The zero-order valence-corrected chi connectivity index (χ0v) is 16.2. The number of nitrogens with zero attached hydrogens (tertiary/aromatic N) is 1. The smallest absolute Gasteiger partial charge is 0.253 e. The molecule has 2 aromatic rings. The third-order valence-corrected chi connectivity index (χ3v) is 4.58. The molecule has 7 nitrogen and oxygen atoms in total. The fourth-order valence-electron chi connectivity index (χ4n) is 3.08. The first-order valence-electron chi connectivity index (χ1n) is 9.00. The zero-order valence-electron chi connectivity index (χ0n) is 16.2. The van der Waals surface area contributed by atoms with E-state index in [0.717, 1.165) is 11.3 Å². The first-order valence-corrected chi connectivity index (χ1v) is 9.00. The fraction of sp³-hybridized carbons (Fsp3) is 0.333. The van der Waals surface area contributed by atoms with E-state index in [1.807, 2.05) is 31.2 Å². The summed E-state index contributed by atoms with van der Waals surface area (Å²) in [4.78, 5) is 26.4. The Balaban J connectivity index is 1.62. The molecule has 1 unspecified atom stereocenters. The van der Waals surface area contributed by atoms with Crippen LogP contribution < -0.4 is 19.7 Å². The van der Waals surface area contributed by atoms with Crippen LogP contribution in [0.15, 0.2) is 42.5 Å². The average molecular weight is 384 g/mol. The molecule has 2 aromatic carbocycles. The topological polar surface area (TPSA) is 77.1 Å². The van der Waals surface area contributed by atoms with Crippen LogP contribution in [-0.2, 0) is 9.53 Å². The quantitative estimate of drug-likeness (QED) is 0.826. The average Bonchev–Trinajstić information content (AvgIpc) is 2.72. The standard InChI is InChI=1S/C21H24N2O5/c1-14-5-4-6-16(9-14)23-12-17(28-13-20(23)24)11-22-21(25)15-7-8-18(26-2)19(10-15)27-3/h4-10,17H,11-13H2,1-3H3,(H,22,25). The SMILES string of the molecule is COc1ccc(C(=O)NCC2CN(c3cccc(C)c3)C(=O)CO2)cc1OC. The van der Waals surface area contributed by atoms with E-state index in [1.54, 1.807) is 30.2 Å². The van der Waals surface area contributed by atoms with E-state index in [-0.39, 0.29) is 24.5 Å². The van der Waals surface area contributed by atoms with Crippen molar-refractivity contribution in [3.05, 3.63) is 53.6 Å². The third-order valence-electron chi connectivity index (χ3n) is 4.58. The molecule has 0 bridgehead atoms. The van der Waals surface area contributed by atoms with Crippen molar-refractivity contribution < 1.29 is 23.8 Å². The summed E-state index contributed by atoms with van der Waals surface area (Å²) in [5.41, 5.74) is 2.37. The van der Waals surface area contributed by atoms with Crippen LogP contribution in [0.2, 0.25) is 0 Å². The van der Waals surface area contributed by atoms with E-state index in [9.17, 15) is 9.59 Å². The molecular weight excluding hydrogens is 360 g/mol. The molecule has 0 radical (unpaired) electrons. The molecule has 2 amide bonds. The molecule has 1 fully saturated rings. The molecule has 28 heavy (non-hydrogen) atoms. The number of ether oxygens (including phenoxy) is 3. The Morgan fingerprint density at radius 3 is 2.68 bits per heavy atom. The lowest BCUT2D eigenvalue weighted by Gasteiger charge is -2.33. The van der Waals surface area contributed by atoms with Crippen molar-refractivity contribution in [3.8, 4) is 11.5 Å². The van der Waals surface area contributed by atoms with Crippen LogP contribution in [0.5, 0.6) is 11.5 Å². The van der Waals surface area contributed by atoms with Crippen LogP contribution in [0.4, 0.5) is 5.69 Å². The van der Waals surface area contributed by atoms with Crippen molar-refractivity contribution >= 4 is 17.5 Å². The molecule has 1 aliphatic rings. The van der Waals surface area contributed by atoms with Crippen molar-refractivity contribution in [1.29, 1.82) is 0 Å². The summed E-state index contributed by atoms with van der Waals surface area (Å²) in [5.74, 6) is 0.707. The number of carbonyl (C=O) groups excluding carboxylic acids is 2. The number of hydrogen-bond donors (Lipinski definition) is 1. The number of amides is 2. The van der Waals surface area contributed by atoms with Gasteiger partial charge >= 0.3 is 0 Å². The maximum Gasteiger partial charge on any atom is 0.253 e. The van der Waals surface area contributed by atoms with E-state index in [4.69, 9.17) is 14.2 Å². The second-order valence-electron chi connectivity index (χ2n) is 6.56. The predicted octanol–water partition coefficient (Wildman–Crippen LogP) is 2.17. The largest absolute Gasteiger partial charge is 0.493 e. The summed E-state index contributed by atoms with van der Waals surface area (Å²) in [6.45, 7) is 2.65. The Morgan fingerprint density at radius 2 is 1.96 bits per heavy atom. The first kappa shape index (κ1) is 19.7. The lowest BCUT2D eigenvalue weighted by molar-refractivity contribution is -0.129. The predicted molar refractivity (Wildman–Crippen MR) is 105 cm³/mol. The van der Waals surface area contributed by atoms with Crippen molar-refractivity contribution in [1.82, 2.24) is 5.32 Å². The van der Waals surface area contributed by atoms with E-state index in [0.29, 0.717) is 30.2 Å². The molecule has 3 rings (SSSR count). The second kappa shape index (κ2) is 8.75. The minimum atomic E-state index is -0.290. The van der Waals surface area contributed by atoms with Gasteiger partial charge in [0.15, 0.2) is 11.5 Å². The molecule has 0 aliphatic carbocycles. The first-order chi connectivity index (χ1) is 13.5. The number of benzene rings is 2. The highest BCUT2D eigenvalue weighted by Crippen LogP contribution is 2.27. The number of hydrogen-bond acceptors (Lipinski definition) is 5. The number of carbonyl (C=O) groups is 2. The molecule has 1 saturated heterocycles. The van der Waals surface area contributed by atoms with E-state index in [1.165, 1.54) is 7.11 Å². The highest BCUT2D eigenvalue weighted by molar-refractivity contribution is 5.96. The number of morpholine rings is 1. The Hall–Kier alpha value is -3.06. The number of rotatable bonds is 6. The highest BCUT2D eigenvalue weighted by Gasteiger charge is 2.28. The number of methoxy groups -OCH3 is 2. The van der Waals surface area contributed by atoms with E-state index in [2.05, 4.69) is 5.32 Å². The Morgan fingerprint density at radius 1 is 1.18 bits per heavy atom. The van der Waals surface area contributed by atoms with Gasteiger partial charge in [-0.05, 0) is 42.8 Å². The van der Waals surface area contributed by atoms with Gasteiger partial charge in [0.25, 0.3) is 11.8 Å². The number of aryl methyl sites for hydroxylation is 1. The maximum atomic E-state index is 12.5. The Kier molecular flexibility index (Phi) is 6.16. The van der Waals surface area contributed by atoms with Crippen LogP contribution >= 0.6 is 0 Å². The van der Waals surface area contributed by atoms with Gasteiger partial charge in [0.05, 0.1) is 26.9 Å². The van der Waals surface area contributed by atoms with E-state index >= 15 is 0 Å². The maximum absolute atomic E-state index is 12.5. The third kappa shape index (κ3) is 4.43. The van der Waals surface area contributed by atoms with E-state index < -0.39 is 0 Å². The van der Waals surface area contributed by atoms with Gasteiger partial charge in [-0.2, -0.15) is 0 Å². The molecular formula is C21H24N2O5. The number of anilines is 1. The molecule has 1 atom stereocenters. The molecule has 0 aromatic heterocycles. The summed E-state index contributed by atoms with van der Waals surface area (Å²) in [7, 11) is 3.06. The van der Waals surface area contributed by atoms with Gasteiger partial charge in [-0.1, -0.05) is 12.1 Å². The van der Waals surface area contributed by atoms with Crippen LogP contribution in [0.3, 0.4) is 0 Å². The van der Waals surface area contributed by atoms with Crippen molar-refractivity contribution in [2.24, 2.45) is 0 Å². The van der Waals surface area contributed by atoms with Crippen molar-refractivity contribution in [2.75, 3.05) is 38.8 Å². The fourth-order valence-corrected chi connectivity index (χ4v) is 3.08. The summed E-state index contributed by atoms with van der Waals surface area (Å²) in [6, 6.07) is 12.7. The van der Waals surface area contributed by atoms with Crippen molar-refractivity contribution in [2.45, 2.75) is 13.0 Å². The Bertz CT molecular complexity index is 868. The van der Waals surface area contributed by atoms with Crippen LogP contribution in [0.1, 0.15) is 15.9 Å². The lowest BCUT2D eigenvalue weighted by Crippen LogP contribution is -2.50. The van der Waals surface area contributed by atoms with Gasteiger partial charge < -0.3 is 24.4 Å². The summed E-state index contributed by atoms with van der Waals surface area (Å²) in [6.07, 6.45) is -0.290. The minimum absolute atomic E-state index is 0.00909. The molecule has 148 valence electrons.